The minimum Gasteiger partial charge on any atom is -0.445 e. The number of hydrogen-bond donors (Lipinski definition) is 1. The van der Waals surface area contributed by atoms with Gasteiger partial charge in [-0.2, -0.15) is 4.39 Å². The van der Waals surface area contributed by atoms with Crippen molar-refractivity contribution in [1.82, 2.24) is 5.32 Å². The molecule has 6 nitrogen and oxygen atoms in total. The Morgan fingerprint density at radius 2 is 1.96 bits per heavy atom. The molecule has 8 heteroatoms. The molecule has 2 aromatic rings. The van der Waals surface area contributed by atoms with Gasteiger partial charge in [-0.1, -0.05) is 42.2 Å². The van der Waals surface area contributed by atoms with Crippen molar-refractivity contribution in [2.75, 3.05) is 6.54 Å². The molecule has 0 saturated heterocycles. The molecule has 0 saturated carbocycles. The van der Waals surface area contributed by atoms with Crippen molar-refractivity contribution in [3.63, 3.8) is 0 Å². The highest BCUT2D eigenvalue weighted by molar-refractivity contribution is 5.67. The van der Waals surface area contributed by atoms with Gasteiger partial charge in [0.05, 0.1) is 4.92 Å². The number of nitro benzene ring substituents is 1. The van der Waals surface area contributed by atoms with Crippen LogP contribution in [0.3, 0.4) is 0 Å². The van der Waals surface area contributed by atoms with Crippen LogP contribution in [0.5, 0.6) is 0 Å². The van der Waals surface area contributed by atoms with Crippen LogP contribution in [0, 0.1) is 33.6 Å². The maximum absolute atomic E-state index is 13.4. The molecule has 26 heavy (non-hydrogen) atoms. The summed E-state index contributed by atoms with van der Waals surface area (Å²) < 4.78 is 31.6. The number of rotatable bonds is 5. The van der Waals surface area contributed by atoms with Crippen LogP contribution in [-0.2, 0) is 11.3 Å². The molecule has 0 aliphatic carbocycles. The molecule has 1 amide bonds. The number of benzene rings is 2. The second-order valence-corrected chi connectivity index (χ2v) is 5.08. The highest BCUT2D eigenvalue weighted by Gasteiger charge is 2.20. The molecular weight excluding hydrogens is 346 g/mol. The van der Waals surface area contributed by atoms with E-state index in [1.807, 2.05) is 30.3 Å². The van der Waals surface area contributed by atoms with E-state index < -0.39 is 28.3 Å². The zero-order valence-electron chi connectivity index (χ0n) is 13.5. The van der Waals surface area contributed by atoms with E-state index in [2.05, 4.69) is 17.2 Å². The van der Waals surface area contributed by atoms with Crippen molar-refractivity contribution in [2.45, 2.75) is 13.0 Å². The quantitative estimate of drug-likeness (QED) is 0.383. The number of nitrogens with one attached hydrogen (secondary N) is 1. The predicted octanol–water partition coefficient (Wildman–Crippen LogP) is 3.54. The van der Waals surface area contributed by atoms with E-state index >= 15 is 0 Å². The van der Waals surface area contributed by atoms with Crippen LogP contribution in [0.2, 0.25) is 0 Å². The minimum absolute atomic E-state index is 0.117. The Labute approximate surface area is 147 Å². The maximum Gasteiger partial charge on any atom is 0.407 e. The lowest BCUT2D eigenvalue weighted by atomic mass is 10.1. The van der Waals surface area contributed by atoms with E-state index in [-0.39, 0.29) is 25.1 Å². The molecule has 2 rings (SSSR count). The van der Waals surface area contributed by atoms with Crippen molar-refractivity contribution in [2.24, 2.45) is 0 Å². The average molecular weight is 360 g/mol. The lowest BCUT2D eigenvalue weighted by Gasteiger charge is -2.05. The van der Waals surface area contributed by atoms with Crippen molar-refractivity contribution in [3.8, 4) is 11.8 Å². The summed E-state index contributed by atoms with van der Waals surface area (Å²) in [7, 11) is 0. The lowest BCUT2D eigenvalue weighted by molar-refractivity contribution is -0.387. The van der Waals surface area contributed by atoms with Gasteiger partial charge in [-0.3, -0.25) is 10.1 Å². The van der Waals surface area contributed by atoms with Crippen molar-refractivity contribution < 1.29 is 23.2 Å². The summed E-state index contributed by atoms with van der Waals surface area (Å²) in [6, 6.07) is 10.3. The topological polar surface area (TPSA) is 81.5 Å². The summed E-state index contributed by atoms with van der Waals surface area (Å²) >= 11 is 0. The first-order valence-electron chi connectivity index (χ1n) is 7.54. The van der Waals surface area contributed by atoms with Gasteiger partial charge in [-0.25, -0.2) is 9.18 Å². The molecule has 0 radical (unpaired) electrons. The van der Waals surface area contributed by atoms with Crippen molar-refractivity contribution in [1.29, 1.82) is 0 Å². The van der Waals surface area contributed by atoms with Crippen LogP contribution >= 0.6 is 0 Å². The number of carbonyl (C=O) groups is 1. The van der Waals surface area contributed by atoms with Gasteiger partial charge in [-0.15, -0.1) is 0 Å². The summed E-state index contributed by atoms with van der Waals surface area (Å²) in [5.41, 5.74) is -0.406. The molecule has 0 aliphatic rings. The van der Waals surface area contributed by atoms with Gasteiger partial charge in [0.1, 0.15) is 18.0 Å². The highest BCUT2D eigenvalue weighted by atomic mass is 19.1. The lowest BCUT2D eigenvalue weighted by Crippen LogP contribution is -2.24. The van der Waals surface area contributed by atoms with E-state index in [1.54, 1.807) is 0 Å². The average Bonchev–Trinajstić information content (AvgIpc) is 2.59. The molecule has 0 bridgehead atoms. The van der Waals surface area contributed by atoms with Crippen LogP contribution in [0.15, 0.2) is 42.5 Å². The first kappa shape index (κ1) is 18.9. The van der Waals surface area contributed by atoms with Crippen LogP contribution in [0.4, 0.5) is 19.3 Å². The molecular formula is C18H14F2N2O4. The Hall–Kier alpha value is -3.47. The third kappa shape index (κ3) is 5.56. The first-order valence-corrected chi connectivity index (χ1v) is 7.54. The van der Waals surface area contributed by atoms with Gasteiger partial charge < -0.3 is 10.1 Å². The van der Waals surface area contributed by atoms with Crippen molar-refractivity contribution in [3.05, 3.63) is 75.3 Å². The minimum atomic E-state index is -1.29. The van der Waals surface area contributed by atoms with Gasteiger partial charge in [-0.05, 0) is 11.6 Å². The molecule has 0 atom stereocenters. The largest absolute Gasteiger partial charge is 0.445 e. The predicted molar refractivity (Wildman–Crippen MR) is 89.1 cm³/mol. The van der Waals surface area contributed by atoms with Gasteiger partial charge in [0.2, 0.25) is 5.82 Å². The molecule has 2 aromatic carbocycles. The third-order valence-corrected chi connectivity index (χ3v) is 3.17. The summed E-state index contributed by atoms with van der Waals surface area (Å²) in [5, 5.41) is 13.3. The molecule has 0 aliphatic heterocycles. The third-order valence-electron chi connectivity index (χ3n) is 3.17. The van der Waals surface area contributed by atoms with Gasteiger partial charge in [0, 0.05) is 19.0 Å². The molecule has 0 unspecified atom stereocenters. The van der Waals surface area contributed by atoms with E-state index in [1.165, 1.54) is 0 Å². The SMILES string of the molecule is O=C(NCCC#Cc1cc(F)cc(F)c1[N+](=O)[O-])OCc1ccccc1. The fourth-order valence-corrected chi connectivity index (χ4v) is 2.01. The number of halogens is 2. The van der Waals surface area contributed by atoms with Crippen molar-refractivity contribution >= 4 is 11.8 Å². The van der Waals surface area contributed by atoms with E-state index in [4.69, 9.17) is 4.74 Å². The second kappa shape index (κ2) is 9.13. The van der Waals surface area contributed by atoms with Crippen LogP contribution in [-0.4, -0.2) is 17.6 Å². The summed E-state index contributed by atoms with van der Waals surface area (Å²) in [4.78, 5) is 21.4. The highest BCUT2D eigenvalue weighted by Crippen LogP contribution is 2.23. The Bertz CT molecular complexity index is 861. The number of nitro groups is 1. The van der Waals surface area contributed by atoms with Crippen LogP contribution < -0.4 is 5.32 Å². The second-order valence-electron chi connectivity index (χ2n) is 5.08. The molecule has 134 valence electrons. The van der Waals surface area contributed by atoms with Crippen LogP contribution in [0.1, 0.15) is 17.5 Å². The Morgan fingerprint density at radius 3 is 2.65 bits per heavy atom. The van der Waals surface area contributed by atoms with Gasteiger partial charge >= 0.3 is 11.8 Å². The monoisotopic (exact) mass is 360 g/mol. The van der Waals surface area contributed by atoms with E-state index in [0.717, 1.165) is 11.6 Å². The molecule has 1 N–H and O–H groups in total. The van der Waals surface area contributed by atoms with E-state index in [0.29, 0.717) is 6.07 Å². The van der Waals surface area contributed by atoms with Gasteiger partial charge in [0.15, 0.2) is 0 Å². The van der Waals surface area contributed by atoms with Crippen LogP contribution in [0.25, 0.3) is 0 Å². The Kier molecular flexibility index (Phi) is 6.62. The number of nitrogens with zero attached hydrogens (tertiary/aromatic N) is 1. The summed E-state index contributed by atoms with van der Waals surface area (Å²) in [5.74, 6) is 2.62. The fourth-order valence-electron chi connectivity index (χ4n) is 2.01. The van der Waals surface area contributed by atoms with E-state index in [9.17, 15) is 23.7 Å². The zero-order chi connectivity index (χ0) is 18.9. The number of alkyl carbamates (subject to hydrolysis) is 1. The molecule has 0 spiro atoms. The summed E-state index contributed by atoms with van der Waals surface area (Å²) in [6.07, 6.45) is -0.520. The number of carbonyl (C=O) groups excluding carboxylic acids is 1. The zero-order valence-corrected chi connectivity index (χ0v) is 13.5. The standard InChI is InChI=1S/C18H14F2N2O4/c19-15-10-14(17(22(24)25)16(20)11-15)8-4-5-9-21-18(23)26-12-13-6-2-1-3-7-13/h1-3,6-7,10-11H,5,9,12H2,(H,21,23). The number of ether oxygens (including phenoxy) is 1. The Morgan fingerprint density at radius 1 is 1.23 bits per heavy atom. The molecule has 0 aromatic heterocycles. The first-order chi connectivity index (χ1) is 12.5. The number of hydrogen-bond acceptors (Lipinski definition) is 4. The maximum atomic E-state index is 13.4. The smallest absolute Gasteiger partial charge is 0.407 e. The normalized spacial score (nSPS) is 9.77. The summed E-state index contributed by atoms with van der Waals surface area (Å²) in [6.45, 7) is 0.235. The van der Waals surface area contributed by atoms with Gasteiger partial charge in [0.25, 0.3) is 0 Å². The number of amides is 1. The molecule has 0 heterocycles. The fraction of sp³-hybridized carbons (Fsp3) is 0.167. The molecule has 0 fully saturated rings. The Balaban J connectivity index is 1.84.